The summed E-state index contributed by atoms with van der Waals surface area (Å²) < 4.78 is 19.8. The average Bonchev–Trinajstić information content (AvgIpc) is 2.86. The smallest absolute Gasteiger partial charge is 0.257 e. The number of anilines is 2. The summed E-state index contributed by atoms with van der Waals surface area (Å²) in [7, 11) is 3.81. The van der Waals surface area contributed by atoms with E-state index in [4.69, 9.17) is 10.5 Å². The second-order valence-electron chi connectivity index (χ2n) is 8.61. The van der Waals surface area contributed by atoms with E-state index in [0.717, 1.165) is 11.4 Å². The fourth-order valence-corrected chi connectivity index (χ4v) is 3.34. The van der Waals surface area contributed by atoms with Crippen molar-refractivity contribution in [2.75, 3.05) is 38.3 Å². The lowest BCUT2D eigenvalue weighted by molar-refractivity contribution is 0.102. The Labute approximate surface area is 213 Å². The van der Waals surface area contributed by atoms with Gasteiger partial charge in [-0.3, -0.25) is 9.78 Å². The van der Waals surface area contributed by atoms with Crippen LogP contribution in [0.15, 0.2) is 42.9 Å². The number of nitrogens with one attached hydrogen (secondary N) is 1. The number of nitrogens with two attached hydrogens (primary N) is 1. The van der Waals surface area contributed by atoms with Crippen LogP contribution < -0.4 is 15.8 Å². The maximum Gasteiger partial charge on any atom is 0.257 e. The largest absolute Gasteiger partial charge is 0.489 e. The molecule has 1 amide bonds. The first-order valence-corrected chi connectivity index (χ1v) is 11.5. The lowest BCUT2D eigenvalue weighted by atomic mass is 10.1. The molecule has 3 heterocycles. The van der Waals surface area contributed by atoms with Crippen LogP contribution in [0.5, 0.6) is 5.75 Å². The van der Waals surface area contributed by atoms with Gasteiger partial charge in [0.2, 0.25) is 0 Å². The highest BCUT2D eigenvalue weighted by molar-refractivity contribution is 6.04. The molecule has 0 aliphatic heterocycles. The van der Waals surface area contributed by atoms with Gasteiger partial charge in [0.05, 0.1) is 28.7 Å². The molecule has 37 heavy (non-hydrogen) atoms. The Morgan fingerprint density at radius 1 is 1.11 bits per heavy atom. The standard InChI is InChI=1S/C27H26FN7O2/c1-16-17(2)33-25-21(26(29)31-15-23(25)32-16)7-5-18-11-19(14-30-13-18)27(36)34-20-6-8-24(22(28)12-20)37-10-9-35(3)4/h6,8,11-15H,9-10H2,1-4H3,(H2,29,31)(H,34,36). The number of benzene rings is 1. The molecule has 0 atom stereocenters. The maximum absolute atomic E-state index is 14.4. The second-order valence-corrected chi connectivity index (χ2v) is 8.61. The highest BCUT2D eigenvalue weighted by atomic mass is 19.1. The third-order valence-corrected chi connectivity index (χ3v) is 5.47. The number of halogens is 1. The maximum atomic E-state index is 14.4. The number of hydrogen-bond acceptors (Lipinski definition) is 8. The Bertz CT molecular complexity index is 1540. The van der Waals surface area contributed by atoms with Gasteiger partial charge in [0.15, 0.2) is 11.6 Å². The van der Waals surface area contributed by atoms with E-state index in [0.29, 0.717) is 35.3 Å². The zero-order chi connectivity index (χ0) is 26.5. The van der Waals surface area contributed by atoms with Crippen molar-refractivity contribution in [3.63, 3.8) is 0 Å². The van der Waals surface area contributed by atoms with Gasteiger partial charge in [0.25, 0.3) is 5.91 Å². The van der Waals surface area contributed by atoms with Crippen molar-refractivity contribution in [3.05, 3.63) is 76.8 Å². The van der Waals surface area contributed by atoms with Gasteiger partial charge >= 0.3 is 0 Å². The molecule has 0 spiro atoms. The lowest BCUT2D eigenvalue weighted by Crippen LogP contribution is -2.19. The summed E-state index contributed by atoms with van der Waals surface area (Å²) in [5.41, 5.74) is 10.3. The van der Waals surface area contributed by atoms with Crippen molar-refractivity contribution >= 4 is 28.4 Å². The molecule has 0 radical (unpaired) electrons. The summed E-state index contributed by atoms with van der Waals surface area (Å²) in [6.45, 7) is 4.73. The van der Waals surface area contributed by atoms with E-state index in [1.54, 1.807) is 18.3 Å². The molecule has 4 rings (SSSR count). The van der Waals surface area contributed by atoms with Crippen LogP contribution in [0.25, 0.3) is 11.0 Å². The summed E-state index contributed by atoms with van der Waals surface area (Å²) in [6, 6.07) is 5.85. The number of carbonyl (C=O) groups excluding carboxylic acids is 1. The number of hydrogen-bond donors (Lipinski definition) is 2. The number of carbonyl (C=O) groups is 1. The summed E-state index contributed by atoms with van der Waals surface area (Å²) >= 11 is 0. The molecule has 1 aromatic carbocycles. The number of pyridine rings is 2. The molecule has 188 valence electrons. The Morgan fingerprint density at radius 3 is 2.65 bits per heavy atom. The van der Waals surface area contributed by atoms with E-state index in [1.165, 1.54) is 24.5 Å². The third kappa shape index (κ3) is 6.15. The number of aromatic nitrogens is 4. The monoisotopic (exact) mass is 499 g/mol. The van der Waals surface area contributed by atoms with Gasteiger partial charge in [-0.2, -0.15) is 0 Å². The summed E-state index contributed by atoms with van der Waals surface area (Å²) in [6.07, 6.45) is 4.49. The van der Waals surface area contributed by atoms with Gasteiger partial charge in [-0.15, -0.1) is 0 Å². The molecule has 0 aliphatic rings. The molecule has 3 aromatic heterocycles. The molecule has 0 aliphatic carbocycles. The molecule has 9 nitrogen and oxygen atoms in total. The molecular formula is C27H26FN7O2. The quantitative estimate of drug-likeness (QED) is 0.388. The molecule has 0 bridgehead atoms. The number of aryl methyl sites for hydroxylation is 2. The molecule has 4 aromatic rings. The Morgan fingerprint density at radius 2 is 1.89 bits per heavy atom. The third-order valence-electron chi connectivity index (χ3n) is 5.47. The zero-order valence-corrected chi connectivity index (χ0v) is 21.0. The van der Waals surface area contributed by atoms with Crippen LogP contribution in [0.2, 0.25) is 0 Å². The van der Waals surface area contributed by atoms with E-state index in [1.807, 2.05) is 32.8 Å². The van der Waals surface area contributed by atoms with E-state index >= 15 is 0 Å². The molecule has 0 fully saturated rings. The van der Waals surface area contributed by atoms with E-state index in [9.17, 15) is 9.18 Å². The normalized spacial score (nSPS) is 10.8. The van der Waals surface area contributed by atoms with Crippen LogP contribution >= 0.6 is 0 Å². The summed E-state index contributed by atoms with van der Waals surface area (Å²) in [5.74, 6) is 5.29. The topological polar surface area (TPSA) is 119 Å². The van der Waals surface area contributed by atoms with Gasteiger partial charge in [0, 0.05) is 36.3 Å². The lowest BCUT2D eigenvalue weighted by Gasteiger charge is -2.12. The number of nitrogen functional groups attached to an aromatic ring is 1. The first kappa shape index (κ1) is 25.5. The molecule has 0 unspecified atom stereocenters. The van der Waals surface area contributed by atoms with Crippen LogP contribution in [0.4, 0.5) is 15.9 Å². The first-order valence-electron chi connectivity index (χ1n) is 11.5. The average molecular weight is 500 g/mol. The number of fused-ring (bicyclic) bond motifs is 1. The fraction of sp³-hybridized carbons (Fsp3) is 0.222. The van der Waals surface area contributed by atoms with Crippen LogP contribution in [0, 0.1) is 31.5 Å². The minimum Gasteiger partial charge on any atom is -0.489 e. The molecule has 0 saturated heterocycles. The van der Waals surface area contributed by atoms with Crippen molar-refractivity contribution < 1.29 is 13.9 Å². The van der Waals surface area contributed by atoms with Crippen molar-refractivity contribution in [2.24, 2.45) is 0 Å². The van der Waals surface area contributed by atoms with Gasteiger partial charge in [0.1, 0.15) is 23.5 Å². The predicted molar refractivity (Wildman–Crippen MR) is 140 cm³/mol. The number of likely N-dealkylation sites (N-methyl/N-ethyl adjacent to an activating group) is 1. The SMILES string of the molecule is Cc1nc2cnc(N)c(C#Cc3cncc(C(=O)Nc4ccc(OCCN(C)C)c(F)c4)c3)c2nc1C. The van der Waals surface area contributed by atoms with Crippen molar-refractivity contribution in [1.82, 2.24) is 24.8 Å². The zero-order valence-electron chi connectivity index (χ0n) is 21.0. The predicted octanol–water partition coefficient (Wildman–Crippen LogP) is 3.35. The number of amides is 1. The Kier molecular flexibility index (Phi) is 7.55. The van der Waals surface area contributed by atoms with E-state index in [-0.39, 0.29) is 22.8 Å². The minimum absolute atomic E-state index is 0.121. The van der Waals surface area contributed by atoms with Gasteiger partial charge in [-0.25, -0.2) is 19.3 Å². The van der Waals surface area contributed by atoms with Crippen molar-refractivity contribution in [2.45, 2.75) is 13.8 Å². The number of ether oxygens (including phenoxy) is 1. The molecular weight excluding hydrogens is 473 g/mol. The van der Waals surface area contributed by atoms with E-state index < -0.39 is 11.7 Å². The second kappa shape index (κ2) is 11.0. The number of rotatable bonds is 6. The van der Waals surface area contributed by atoms with Crippen LogP contribution in [0.1, 0.15) is 32.9 Å². The van der Waals surface area contributed by atoms with Gasteiger partial charge in [-0.1, -0.05) is 11.8 Å². The molecule has 0 saturated carbocycles. The van der Waals surface area contributed by atoms with Gasteiger partial charge < -0.3 is 20.7 Å². The minimum atomic E-state index is -0.566. The van der Waals surface area contributed by atoms with Crippen molar-refractivity contribution in [1.29, 1.82) is 0 Å². The van der Waals surface area contributed by atoms with Crippen LogP contribution in [-0.2, 0) is 0 Å². The summed E-state index contributed by atoms with van der Waals surface area (Å²) in [5, 5.41) is 2.67. The number of nitrogens with zero attached hydrogens (tertiary/aromatic N) is 5. The van der Waals surface area contributed by atoms with E-state index in [2.05, 4.69) is 37.1 Å². The highest BCUT2D eigenvalue weighted by Crippen LogP contribution is 2.22. The summed E-state index contributed by atoms with van der Waals surface area (Å²) in [4.78, 5) is 32.1. The van der Waals surface area contributed by atoms with Crippen LogP contribution in [-0.4, -0.2) is 58.0 Å². The van der Waals surface area contributed by atoms with Gasteiger partial charge in [-0.05, 0) is 46.1 Å². The van der Waals surface area contributed by atoms with Crippen LogP contribution in [0.3, 0.4) is 0 Å². The highest BCUT2D eigenvalue weighted by Gasteiger charge is 2.12. The van der Waals surface area contributed by atoms with Crippen molar-refractivity contribution in [3.8, 4) is 17.6 Å². The molecule has 3 N–H and O–H groups in total. The molecule has 10 heteroatoms. The Hall–Kier alpha value is -4.62. The Balaban J connectivity index is 1.52. The fourth-order valence-electron chi connectivity index (χ4n) is 3.34. The first-order chi connectivity index (χ1) is 17.7.